The van der Waals surface area contributed by atoms with Gasteiger partial charge in [0.2, 0.25) is 0 Å². The lowest BCUT2D eigenvalue weighted by Gasteiger charge is -2.39. The van der Waals surface area contributed by atoms with E-state index in [0.29, 0.717) is 18.1 Å². The van der Waals surface area contributed by atoms with Gasteiger partial charge in [-0.3, -0.25) is 14.2 Å². The van der Waals surface area contributed by atoms with Gasteiger partial charge < -0.3 is 64.6 Å². The molecular weight excluding hydrogens is 1180 g/mol. The number of hydrogen-bond donors (Lipinski definition) is 1. The molecule has 5 atom stereocenters. The van der Waals surface area contributed by atoms with Crippen molar-refractivity contribution in [3.63, 3.8) is 0 Å². The lowest BCUT2D eigenvalue weighted by atomic mass is 9.77. The summed E-state index contributed by atoms with van der Waals surface area (Å²) >= 11 is 0. The Morgan fingerprint density at radius 1 is 0.690 bits per heavy atom. The Morgan fingerprint density at radius 3 is 1.66 bits per heavy atom. The van der Waals surface area contributed by atoms with Crippen molar-refractivity contribution in [1.29, 1.82) is 0 Å². The molecule has 0 bridgehead atoms. The Bertz CT molecular complexity index is 2610. The van der Waals surface area contributed by atoms with E-state index in [1.165, 1.54) is 69.8 Å². The molecule has 0 radical (unpaired) electrons. The predicted octanol–water partition coefficient (Wildman–Crippen LogP) is 13.2. The van der Waals surface area contributed by atoms with Gasteiger partial charge in [0.25, 0.3) is 14.8 Å². The van der Waals surface area contributed by atoms with Gasteiger partial charge in [-0.25, -0.2) is 9.46 Å². The van der Waals surface area contributed by atoms with Crippen LogP contribution in [0.2, 0.25) is 39.3 Å². The molecular formula is C63H101N4O16PSi3. The van der Waals surface area contributed by atoms with E-state index in [1.807, 2.05) is 78.9 Å². The van der Waals surface area contributed by atoms with Crippen LogP contribution in [0.1, 0.15) is 142 Å². The topological polar surface area (TPSA) is 204 Å². The number of nitrogens with zero attached hydrogens (tertiary/aromatic N) is 3. The lowest BCUT2D eigenvalue weighted by Crippen LogP contribution is -2.60. The zero-order valence-corrected chi connectivity index (χ0v) is 58.5. The second-order valence-corrected chi connectivity index (χ2v) is 37.4. The molecule has 1 fully saturated rings. The third-order valence-corrected chi connectivity index (χ3v) is 24.1. The van der Waals surface area contributed by atoms with Crippen LogP contribution in [0.15, 0.2) is 95.9 Å². The summed E-state index contributed by atoms with van der Waals surface area (Å²) in [6.07, 6.45) is 8.81. The summed E-state index contributed by atoms with van der Waals surface area (Å²) in [5.74, 6) is 0.209. The molecule has 87 heavy (non-hydrogen) atoms. The molecule has 4 aromatic rings. The number of carbonyl (C=O) groups excluding carboxylic acids is 2. The van der Waals surface area contributed by atoms with Crippen molar-refractivity contribution in [2.45, 2.75) is 207 Å². The highest BCUT2D eigenvalue weighted by Crippen LogP contribution is 2.50. The SMILES string of the molecule is CCCCCCCCCCCCCO[Si](OC[C@H]1O[C@@H](n2ccc(NC(c3ccccc3)(c3ccc(OC)cc3)c3ccc(OC)cc3)nc2=O)[C@H](OCOCC(OC(C)=O)OC(C)=O)[C@@H]1OP(OC)N(C(C)C)C(C)C)(O[Si](C)(C)C)O[Si](C)(C)C. The van der Waals surface area contributed by atoms with Crippen molar-refractivity contribution in [2.75, 3.05) is 53.3 Å². The molecule has 1 N–H and O–H groups in total. The number of rotatable bonds is 41. The Labute approximate surface area is 522 Å². The number of hydrogen-bond acceptors (Lipinski definition) is 19. The highest BCUT2D eigenvalue weighted by atomic mass is 31.2. The second-order valence-electron chi connectivity index (χ2n) is 24.2. The average molecular weight is 1290 g/mol. The van der Waals surface area contributed by atoms with Crippen LogP contribution < -0.4 is 20.5 Å². The maximum Gasteiger partial charge on any atom is 0.658 e. The highest BCUT2D eigenvalue weighted by Gasteiger charge is 2.56. The van der Waals surface area contributed by atoms with Gasteiger partial charge in [0, 0.05) is 45.8 Å². The van der Waals surface area contributed by atoms with Gasteiger partial charge in [0.15, 0.2) is 22.9 Å². The molecule has 1 aliphatic heterocycles. The molecule has 0 saturated carbocycles. The summed E-state index contributed by atoms with van der Waals surface area (Å²) in [4.78, 5) is 44.0. The maximum atomic E-state index is 15.1. The summed E-state index contributed by atoms with van der Waals surface area (Å²) in [6, 6.07) is 27.0. The number of anilines is 1. The number of aromatic nitrogens is 2. The number of carbonyl (C=O) groups is 2. The van der Waals surface area contributed by atoms with E-state index >= 15 is 4.79 Å². The molecule has 486 valence electrons. The van der Waals surface area contributed by atoms with E-state index in [9.17, 15) is 9.59 Å². The van der Waals surface area contributed by atoms with Crippen molar-refractivity contribution in [3.8, 4) is 11.5 Å². The largest absolute Gasteiger partial charge is 0.658 e. The third kappa shape index (κ3) is 23.1. The molecule has 1 aromatic heterocycles. The van der Waals surface area contributed by atoms with Crippen LogP contribution in [-0.4, -0.2) is 136 Å². The minimum absolute atomic E-state index is 0.0314. The lowest BCUT2D eigenvalue weighted by molar-refractivity contribution is -0.207. The van der Waals surface area contributed by atoms with E-state index in [-0.39, 0.29) is 31.1 Å². The predicted molar refractivity (Wildman–Crippen MR) is 345 cm³/mol. The maximum absolute atomic E-state index is 15.1. The van der Waals surface area contributed by atoms with Crippen molar-refractivity contribution < 1.29 is 68.9 Å². The van der Waals surface area contributed by atoms with Gasteiger partial charge in [-0.2, -0.15) is 4.98 Å². The molecule has 0 spiro atoms. The van der Waals surface area contributed by atoms with Crippen molar-refractivity contribution in [2.24, 2.45) is 0 Å². The first kappa shape index (κ1) is 73.3. The van der Waals surface area contributed by atoms with Gasteiger partial charge in [-0.05, 0) is 120 Å². The molecule has 20 nitrogen and oxygen atoms in total. The van der Waals surface area contributed by atoms with Crippen LogP contribution in [0.25, 0.3) is 0 Å². The third-order valence-electron chi connectivity index (χ3n) is 14.1. The zero-order valence-electron chi connectivity index (χ0n) is 54.6. The summed E-state index contributed by atoms with van der Waals surface area (Å²) in [5, 5.41) is 3.70. The highest BCUT2D eigenvalue weighted by molar-refractivity contribution is 7.44. The first-order chi connectivity index (χ1) is 41.4. The van der Waals surface area contributed by atoms with Crippen LogP contribution in [-0.2, 0) is 64.9 Å². The van der Waals surface area contributed by atoms with Crippen LogP contribution >= 0.6 is 8.53 Å². The van der Waals surface area contributed by atoms with Crippen LogP contribution in [0.5, 0.6) is 11.5 Å². The Morgan fingerprint density at radius 2 is 1.20 bits per heavy atom. The van der Waals surface area contributed by atoms with Crippen molar-refractivity contribution in [1.82, 2.24) is 14.2 Å². The summed E-state index contributed by atoms with van der Waals surface area (Å²) in [7, 11) is -5.94. The number of ether oxygens (including phenoxy) is 7. The minimum atomic E-state index is -4.00. The first-order valence-corrected chi connectivity index (χ1v) is 40.3. The number of unbranched alkanes of at least 4 members (excludes halogenated alkanes) is 10. The summed E-state index contributed by atoms with van der Waals surface area (Å²) in [5.41, 5.74) is 0.704. The van der Waals surface area contributed by atoms with Crippen LogP contribution in [0.3, 0.4) is 0 Å². The minimum Gasteiger partial charge on any atom is -0.497 e. The fourth-order valence-corrected chi connectivity index (χ4v) is 20.3. The summed E-state index contributed by atoms with van der Waals surface area (Å²) < 4.78 is 86.1. The van der Waals surface area contributed by atoms with E-state index in [2.05, 4.69) is 83.9 Å². The fourth-order valence-electron chi connectivity index (χ4n) is 10.4. The van der Waals surface area contributed by atoms with Gasteiger partial charge in [0.05, 0.1) is 20.8 Å². The number of esters is 2. The Balaban J connectivity index is 1.61. The Hall–Kier alpha value is -4.44. The van der Waals surface area contributed by atoms with E-state index < -0.39 is 95.0 Å². The van der Waals surface area contributed by atoms with E-state index in [1.54, 1.807) is 33.6 Å². The van der Waals surface area contributed by atoms with Crippen molar-refractivity contribution >= 4 is 52.0 Å². The Kier molecular flexibility index (Phi) is 30.2. The number of methoxy groups -OCH3 is 2. The summed E-state index contributed by atoms with van der Waals surface area (Å²) in [6.45, 7) is 24.7. The molecule has 1 aliphatic rings. The van der Waals surface area contributed by atoms with Gasteiger partial charge in [-0.1, -0.05) is 126 Å². The smallest absolute Gasteiger partial charge is 0.497 e. The fraction of sp³-hybridized carbons (Fsp3) is 0.619. The van der Waals surface area contributed by atoms with Gasteiger partial charge >= 0.3 is 26.7 Å². The molecule has 3 aromatic carbocycles. The average Bonchev–Trinajstić information content (AvgIpc) is 1.81. The van der Waals surface area contributed by atoms with E-state index in [0.717, 1.165) is 36.0 Å². The molecule has 0 aliphatic carbocycles. The van der Waals surface area contributed by atoms with Gasteiger partial charge in [-0.15, -0.1) is 0 Å². The van der Waals surface area contributed by atoms with Crippen LogP contribution in [0.4, 0.5) is 5.82 Å². The molecule has 2 heterocycles. The second kappa shape index (κ2) is 35.8. The monoisotopic (exact) mass is 1280 g/mol. The molecule has 1 saturated heterocycles. The standard InChI is InChI=1S/C63H101N4O16PSi3/c1-17-18-19-20-21-22-23-24-25-26-30-43-76-87(82-85(11,12)13,83-86(14,15)16)77-44-56-59(81-84(73-10)67(47(2)3)48(4)5)60(75-46-74-45-58(78-49(6)68)79-50(7)69)61(80-56)66-42-41-57(64-62(66)70)65-63(51-31-28-27-29-32-51,52-33-37-54(71-8)38-34-52)53-35-39-55(72-9)40-36-53/h27-29,31-42,47-48,56,58-61H,17-26,30,43-46H2,1-16H3,(H,64,65,70)/t56-,59-,60-,61-,84?/m1/s1. The molecule has 5 rings (SSSR count). The number of benzene rings is 3. The van der Waals surface area contributed by atoms with Crippen LogP contribution in [0, 0.1) is 0 Å². The zero-order chi connectivity index (χ0) is 63.8. The normalized spacial score (nSPS) is 17.1. The molecule has 0 amide bonds. The van der Waals surface area contributed by atoms with Crippen molar-refractivity contribution in [3.05, 3.63) is 118 Å². The van der Waals surface area contributed by atoms with E-state index in [4.69, 9.17) is 64.3 Å². The first-order valence-electron chi connectivity index (χ1n) is 30.8. The quantitative estimate of drug-likeness (QED) is 0.0110. The molecule has 24 heteroatoms. The number of nitrogens with one attached hydrogen (secondary N) is 1. The molecule has 1 unspecified atom stereocenters. The van der Waals surface area contributed by atoms with Gasteiger partial charge in [0.1, 0.15) is 54.6 Å².